The lowest BCUT2D eigenvalue weighted by molar-refractivity contribution is -0.885. The maximum absolute atomic E-state index is 11.6. The molecule has 0 bridgehead atoms. The highest BCUT2D eigenvalue weighted by Crippen LogP contribution is 1.94. The van der Waals surface area contributed by atoms with Gasteiger partial charge in [-0.15, -0.1) is 0 Å². The molecule has 0 saturated heterocycles. The highest BCUT2D eigenvalue weighted by molar-refractivity contribution is 5.94. The average molecular weight is 264 g/mol. The SMILES string of the molecule is CCCNC(=O)NC(=O)C[NH+](C)Cc1ccccc1. The number of rotatable bonds is 6. The van der Waals surface area contributed by atoms with Crippen LogP contribution in [0.3, 0.4) is 0 Å². The van der Waals surface area contributed by atoms with Crippen LogP contribution in [0.5, 0.6) is 0 Å². The normalized spacial score (nSPS) is 11.7. The van der Waals surface area contributed by atoms with Crippen molar-refractivity contribution in [3.8, 4) is 0 Å². The third kappa shape index (κ3) is 6.57. The summed E-state index contributed by atoms with van der Waals surface area (Å²) in [7, 11) is 1.93. The molecule has 0 heterocycles. The standard InChI is InChI=1S/C14H21N3O2/c1-3-9-15-14(19)16-13(18)11-17(2)10-12-7-5-4-6-8-12/h4-8H,3,9-11H2,1-2H3,(H2,15,16,18,19)/p+1. The molecule has 0 spiro atoms. The van der Waals surface area contributed by atoms with Crippen LogP contribution in [0, 0.1) is 0 Å². The molecule has 104 valence electrons. The second-order valence-corrected chi connectivity index (χ2v) is 4.60. The summed E-state index contributed by atoms with van der Waals surface area (Å²) < 4.78 is 0. The second-order valence-electron chi connectivity index (χ2n) is 4.60. The van der Waals surface area contributed by atoms with Crippen LogP contribution in [0.4, 0.5) is 4.79 Å². The van der Waals surface area contributed by atoms with Crippen molar-refractivity contribution in [1.82, 2.24) is 10.6 Å². The summed E-state index contributed by atoms with van der Waals surface area (Å²) in [4.78, 5) is 24.0. The van der Waals surface area contributed by atoms with E-state index in [9.17, 15) is 9.59 Å². The molecule has 1 aromatic rings. The van der Waals surface area contributed by atoms with Crippen molar-refractivity contribution in [3.05, 3.63) is 35.9 Å². The third-order valence-electron chi connectivity index (χ3n) is 2.60. The number of urea groups is 1. The molecule has 3 N–H and O–H groups in total. The van der Waals surface area contributed by atoms with Crippen molar-refractivity contribution < 1.29 is 14.5 Å². The van der Waals surface area contributed by atoms with E-state index in [2.05, 4.69) is 10.6 Å². The van der Waals surface area contributed by atoms with Gasteiger partial charge in [-0.25, -0.2) is 4.79 Å². The first-order valence-electron chi connectivity index (χ1n) is 6.54. The van der Waals surface area contributed by atoms with Crippen LogP contribution < -0.4 is 15.5 Å². The van der Waals surface area contributed by atoms with Gasteiger partial charge in [-0.05, 0) is 6.42 Å². The molecule has 5 nitrogen and oxygen atoms in total. The highest BCUT2D eigenvalue weighted by Gasteiger charge is 2.12. The lowest BCUT2D eigenvalue weighted by Gasteiger charge is -2.13. The number of hydrogen-bond donors (Lipinski definition) is 3. The van der Waals surface area contributed by atoms with Gasteiger partial charge in [0.15, 0.2) is 6.54 Å². The van der Waals surface area contributed by atoms with E-state index in [0.29, 0.717) is 6.54 Å². The molecule has 1 rings (SSSR count). The largest absolute Gasteiger partial charge is 0.338 e. The molecule has 0 radical (unpaired) electrons. The number of carbonyl (C=O) groups excluding carboxylic acids is 2. The molecule has 1 atom stereocenters. The van der Waals surface area contributed by atoms with Crippen molar-refractivity contribution in [3.63, 3.8) is 0 Å². The summed E-state index contributed by atoms with van der Waals surface area (Å²) in [6.07, 6.45) is 0.848. The fraction of sp³-hybridized carbons (Fsp3) is 0.429. The predicted molar refractivity (Wildman–Crippen MR) is 73.7 cm³/mol. The Morgan fingerprint density at radius 3 is 2.53 bits per heavy atom. The molecule has 0 aliphatic heterocycles. The van der Waals surface area contributed by atoms with Crippen molar-refractivity contribution >= 4 is 11.9 Å². The summed E-state index contributed by atoms with van der Waals surface area (Å²) >= 11 is 0. The lowest BCUT2D eigenvalue weighted by atomic mass is 10.2. The van der Waals surface area contributed by atoms with Crippen LogP contribution in [-0.4, -0.2) is 32.1 Å². The number of likely N-dealkylation sites (N-methyl/N-ethyl adjacent to an activating group) is 1. The molecule has 0 fully saturated rings. The van der Waals surface area contributed by atoms with E-state index in [4.69, 9.17) is 0 Å². The van der Waals surface area contributed by atoms with Crippen molar-refractivity contribution in [1.29, 1.82) is 0 Å². The molecule has 5 heteroatoms. The van der Waals surface area contributed by atoms with Gasteiger partial charge < -0.3 is 10.2 Å². The lowest BCUT2D eigenvalue weighted by Crippen LogP contribution is -3.09. The van der Waals surface area contributed by atoms with Gasteiger partial charge in [0.25, 0.3) is 5.91 Å². The fourth-order valence-electron chi connectivity index (χ4n) is 1.73. The minimum absolute atomic E-state index is 0.262. The van der Waals surface area contributed by atoms with E-state index < -0.39 is 6.03 Å². The number of imide groups is 1. The Balaban J connectivity index is 2.30. The summed E-state index contributed by atoms with van der Waals surface area (Å²) in [6.45, 7) is 3.56. The van der Waals surface area contributed by atoms with E-state index in [0.717, 1.165) is 17.9 Å². The number of hydrogen-bond acceptors (Lipinski definition) is 2. The smallest absolute Gasteiger partial charge is 0.321 e. The van der Waals surface area contributed by atoms with Crippen LogP contribution in [0.25, 0.3) is 0 Å². The highest BCUT2D eigenvalue weighted by atomic mass is 16.2. The van der Waals surface area contributed by atoms with Gasteiger partial charge in [0.2, 0.25) is 0 Å². The van der Waals surface area contributed by atoms with Crippen LogP contribution in [-0.2, 0) is 11.3 Å². The first-order valence-corrected chi connectivity index (χ1v) is 6.54. The minimum Gasteiger partial charge on any atom is -0.338 e. The third-order valence-corrected chi connectivity index (χ3v) is 2.60. The zero-order valence-corrected chi connectivity index (χ0v) is 11.5. The molecular formula is C14H22N3O2+. The number of quaternary nitrogens is 1. The summed E-state index contributed by atoms with van der Waals surface area (Å²) in [5.74, 6) is -0.262. The fourth-order valence-corrected chi connectivity index (χ4v) is 1.73. The monoisotopic (exact) mass is 264 g/mol. The summed E-state index contributed by atoms with van der Waals surface area (Å²) in [5.41, 5.74) is 1.17. The molecule has 3 amide bonds. The van der Waals surface area contributed by atoms with Gasteiger partial charge in [0.05, 0.1) is 7.05 Å². The molecule has 0 aromatic heterocycles. The summed E-state index contributed by atoms with van der Waals surface area (Å²) in [6, 6.07) is 9.54. The molecule has 1 aromatic carbocycles. The summed E-state index contributed by atoms with van der Waals surface area (Å²) in [5, 5.41) is 4.93. The van der Waals surface area contributed by atoms with Gasteiger partial charge in [-0.3, -0.25) is 10.1 Å². The van der Waals surface area contributed by atoms with Gasteiger partial charge in [-0.2, -0.15) is 0 Å². The predicted octanol–water partition coefficient (Wildman–Crippen LogP) is -0.0629. The Labute approximate surface area is 114 Å². The molecule has 0 aliphatic rings. The van der Waals surface area contributed by atoms with Crippen LogP contribution in [0.2, 0.25) is 0 Å². The number of amides is 3. The number of carbonyl (C=O) groups is 2. The Morgan fingerprint density at radius 2 is 1.89 bits per heavy atom. The Hall–Kier alpha value is -1.88. The zero-order valence-electron chi connectivity index (χ0n) is 11.5. The van der Waals surface area contributed by atoms with Crippen LogP contribution in [0.15, 0.2) is 30.3 Å². The quantitative estimate of drug-likeness (QED) is 0.674. The zero-order chi connectivity index (χ0) is 14.1. The van der Waals surface area contributed by atoms with Gasteiger partial charge >= 0.3 is 6.03 Å². The number of nitrogens with one attached hydrogen (secondary N) is 3. The van der Waals surface area contributed by atoms with Crippen LogP contribution in [0.1, 0.15) is 18.9 Å². The molecule has 0 aliphatic carbocycles. The molecule has 19 heavy (non-hydrogen) atoms. The van der Waals surface area contributed by atoms with Gasteiger partial charge in [0, 0.05) is 12.1 Å². The van der Waals surface area contributed by atoms with Crippen molar-refractivity contribution in [2.24, 2.45) is 0 Å². The number of benzene rings is 1. The Kier molecular flexibility index (Phi) is 6.60. The van der Waals surface area contributed by atoms with E-state index in [-0.39, 0.29) is 12.5 Å². The van der Waals surface area contributed by atoms with E-state index >= 15 is 0 Å². The molecule has 1 unspecified atom stereocenters. The topological polar surface area (TPSA) is 62.6 Å². The van der Waals surface area contributed by atoms with Crippen molar-refractivity contribution in [2.45, 2.75) is 19.9 Å². The maximum atomic E-state index is 11.6. The minimum atomic E-state index is -0.417. The average Bonchev–Trinajstić information content (AvgIpc) is 2.37. The van der Waals surface area contributed by atoms with Crippen LogP contribution >= 0.6 is 0 Å². The maximum Gasteiger partial charge on any atom is 0.321 e. The van der Waals surface area contributed by atoms with Crippen molar-refractivity contribution in [2.75, 3.05) is 20.1 Å². The Morgan fingerprint density at radius 1 is 1.21 bits per heavy atom. The molecular weight excluding hydrogens is 242 g/mol. The Bertz CT molecular complexity index is 406. The van der Waals surface area contributed by atoms with E-state index in [1.807, 2.05) is 44.3 Å². The van der Waals surface area contributed by atoms with Gasteiger partial charge in [0.1, 0.15) is 6.54 Å². The first-order chi connectivity index (χ1) is 9.11. The first kappa shape index (κ1) is 15.2. The second kappa shape index (κ2) is 8.26. The van der Waals surface area contributed by atoms with E-state index in [1.54, 1.807) is 0 Å². The molecule has 0 saturated carbocycles. The van der Waals surface area contributed by atoms with E-state index in [1.165, 1.54) is 5.56 Å². The van der Waals surface area contributed by atoms with Gasteiger partial charge in [-0.1, -0.05) is 37.3 Å².